The monoisotopic (exact) mass is 339 g/mol. The lowest BCUT2D eigenvalue weighted by Crippen LogP contribution is -2.34. The predicted molar refractivity (Wildman–Crippen MR) is 84.9 cm³/mol. The van der Waals surface area contributed by atoms with E-state index in [9.17, 15) is 15.0 Å². The lowest BCUT2D eigenvalue weighted by molar-refractivity contribution is -0.0585. The average Bonchev–Trinajstić information content (AvgIpc) is 3.11. The summed E-state index contributed by atoms with van der Waals surface area (Å²) in [6.07, 6.45) is -1.74. The van der Waals surface area contributed by atoms with Crippen molar-refractivity contribution in [3.8, 4) is 0 Å². The van der Waals surface area contributed by atoms with Crippen LogP contribution < -0.4 is 10.5 Å². The van der Waals surface area contributed by atoms with Gasteiger partial charge in [-0.05, 0) is 0 Å². The Bertz CT molecular complexity index is 801. The van der Waals surface area contributed by atoms with Gasteiger partial charge in [-0.3, -0.25) is 13.9 Å². The van der Waals surface area contributed by atoms with Crippen LogP contribution in [0, 0.1) is 0 Å². The lowest BCUT2D eigenvalue weighted by atomic mass is 10.1. The maximum atomic E-state index is 12.2. The molecule has 1 saturated heterocycles. The zero-order valence-corrected chi connectivity index (χ0v) is 13.9. The van der Waals surface area contributed by atoms with E-state index in [-0.39, 0.29) is 12.1 Å². The van der Waals surface area contributed by atoms with E-state index in [1.807, 2.05) is 0 Å². The molecule has 4 atom stereocenters. The number of anilines is 1. The summed E-state index contributed by atoms with van der Waals surface area (Å²) in [5.74, 6) is 0.459. The highest BCUT2D eigenvalue weighted by Gasteiger charge is 2.45. The van der Waals surface area contributed by atoms with E-state index >= 15 is 0 Å². The third-order valence-electron chi connectivity index (χ3n) is 4.23. The van der Waals surface area contributed by atoms with Crippen LogP contribution in [0.5, 0.6) is 0 Å². The fourth-order valence-corrected chi connectivity index (χ4v) is 3.09. The Hall–Kier alpha value is -2.01. The molecule has 2 aromatic heterocycles. The Morgan fingerprint density at radius 3 is 2.75 bits per heavy atom. The minimum Gasteiger partial charge on any atom is -0.394 e. The fourth-order valence-electron chi connectivity index (χ4n) is 3.09. The second-order valence-electron chi connectivity index (χ2n) is 5.93. The number of hydrogen-bond acceptors (Lipinski definition) is 8. The summed E-state index contributed by atoms with van der Waals surface area (Å²) in [6, 6.07) is 0. The number of hydrogen-bond donors (Lipinski definition) is 2. The summed E-state index contributed by atoms with van der Waals surface area (Å²) in [6.45, 7) is -0.340. The molecule has 0 amide bonds. The molecule has 1 aliphatic heterocycles. The van der Waals surface area contributed by atoms with Crippen LogP contribution in [0.4, 0.5) is 5.95 Å². The molecule has 0 aromatic carbocycles. The van der Waals surface area contributed by atoms with E-state index in [0.717, 1.165) is 0 Å². The molecule has 3 heterocycles. The van der Waals surface area contributed by atoms with Gasteiger partial charge in [-0.1, -0.05) is 0 Å². The molecule has 10 nitrogen and oxygen atoms in total. The number of aromatic nitrogens is 4. The van der Waals surface area contributed by atoms with E-state index in [1.54, 1.807) is 35.2 Å². The topological polar surface area (TPSA) is 115 Å². The molecule has 1 fully saturated rings. The second-order valence-corrected chi connectivity index (χ2v) is 5.93. The highest BCUT2D eigenvalue weighted by atomic mass is 16.6. The number of aliphatic hydroxyl groups is 2. The Labute approximate surface area is 137 Å². The van der Waals surface area contributed by atoms with Crippen molar-refractivity contribution in [3.63, 3.8) is 0 Å². The Morgan fingerprint density at radius 2 is 2.17 bits per heavy atom. The summed E-state index contributed by atoms with van der Waals surface area (Å²) >= 11 is 0. The molecule has 10 heteroatoms. The number of aryl methyl sites for hydroxylation is 1. The molecular weight excluding hydrogens is 318 g/mol. The van der Waals surface area contributed by atoms with Gasteiger partial charge in [0.15, 0.2) is 17.4 Å². The lowest BCUT2D eigenvalue weighted by Gasteiger charge is -2.22. The number of ether oxygens (including phenoxy) is 2. The van der Waals surface area contributed by atoms with E-state index < -0.39 is 30.1 Å². The predicted octanol–water partition coefficient (Wildman–Crippen LogP) is -1.54. The number of rotatable bonds is 4. The highest BCUT2D eigenvalue weighted by molar-refractivity contribution is 5.72. The average molecular weight is 339 g/mol. The molecule has 3 rings (SSSR count). The number of fused-ring (bicyclic) bond motifs is 1. The summed E-state index contributed by atoms with van der Waals surface area (Å²) in [5.41, 5.74) is 0.247. The van der Waals surface area contributed by atoms with Crippen molar-refractivity contribution in [3.05, 3.63) is 16.7 Å². The summed E-state index contributed by atoms with van der Waals surface area (Å²) in [5, 5.41) is 19.6. The minimum atomic E-state index is -0.991. The third-order valence-corrected chi connectivity index (χ3v) is 4.23. The molecule has 0 bridgehead atoms. The number of imidazole rings is 1. The van der Waals surface area contributed by atoms with E-state index in [0.29, 0.717) is 11.6 Å². The molecule has 0 unspecified atom stereocenters. The van der Waals surface area contributed by atoms with Gasteiger partial charge < -0.3 is 24.6 Å². The zero-order chi connectivity index (χ0) is 17.6. The number of aliphatic hydroxyl groups excluding tert-OH is 2. The van der Waals surface area contributed by atoms with Gasteiger partial charge in [-0.2, -0.15) is 4.98 Å². The number of nitrogens with zero attached hydrogens (tertiary/aromatic N) is 5. The van der Waals surface area contributed by atoms with Crippen LogP contribution in [-0.4, -0.2) is 75.4 Å². The van der Waals surface area contributed by atoms with Crippen LogP contribution >= 0.6 is 0 Å². The van der Waals surface area contributed by atoms with Crippen LogP contribution in [-0.2, 0) is 16.5 Å². The van der Waals surface area contributed by atoms with E-state index in [1.165, 1.54) is 13.4 Å². The van der Waals surface area contributed by atoms with Gasteiger partial charge in [-0.15, -0.1) is 0 Å². The van der Waals surface area contributed by atoms with Crippen LogP contribution in [0.25, 0.3) is 11.2 Å². The first-order valence-corrected chi connectivity index (χ1v) is 7.48. The van der Waals surface area contributed by atoms with Gasteiger partial charge in [0, 0.05) is 28.3 Å². The van der Waals surface area contributed by atoms with Gasteiger partial charge in [-0.25, -0.2) is 4.98 Å². The van der Waals surface area contributed by atoms with Crippen molar-refractivity contribution in [2.75, 3.05) is 32.7 Å². The Morgan fingerprint density at radius 1 is 1.46 bits per heavy atom. The summed E-state index contributed by atoms with van der Waals surface area (Å²) < 4.78 is 14.4. The highest BCUT2D eigenvalue weighted by Crippen LogP contribution is 2.33. The van der Waals surface area contributed by atoms with Crippen molar-refractivity contribution >= 4 is 17.1 Å². The fraction of sp³-hybridized carbons (Fsp3) is 0.643. The van der Waals surface area contributed by atoms with Crippen LogP contribution in [0.1, 0.15) is 6.23 Å². The molecule has 0 saturated carbocycles. The van der Waals surface area contributed by atoms with Crippen molar-refractivity contribution in [2.24, 2.45) is 7.05 Å². The first kappa shape index (κ1) is 16.8. The number of methoxy groups -OCH3 is 1. The van der Waals surface area contributed by atoms with Crippen molar-refractivity contribution in [2.45, 2.75) is 24.5 Å². The van der Waals surface area contributed by atoms with Gasteiger partial charge >= 0.3 is 5.56 Å². The third kappa shape index (κ3) is 2.38. The Balaban J connectivity index is 2.19. The standard InChI is InChI=1S/C14H21N5O5/c1-17(2)14-16-11(22)8-12(18(14)3)19(6-15-8)13-10(23-4)9(21)7(5-20)24-13/h6-7,9-10,13,20-21H,5H2,1-4H3/t7-,9-,10-,13-/m1/s1. The van der Waals surface area contributed by atoms with Crippen LogP contribution in [0.15, 0.2) is 11.1 Å². The first-order chi connectivity index (χ1) is 11.4. The van der Waals surface area contributed by atoms with Crippen LogP contribution in [0.3, 0.4) is 0 Å². The maximum Gasteiger partial charge on any atom is 0.302 e. The molecule has 1 aliphatic rings. The molecule has 132 valence electrons. The van der Waals surface area contributed by atoms with E-state index in [4.69, 9.17) is 9.47 Å². The minimum absolute atomic E-state index is 0.198. The maximum absolute atomic E-state index is 12.2. The molecule has 0 spiro atoms. The molecular formula is C14H21N5O5. The molecule has 24 heavy (non-hydrogen) atoms. The quantitative estimate of drug-likeness (QED) is 0.689. The van der Waals surface area contributed by atoms with E-state index in [2.05, 4.69) is 9.97 Å². The SMILES string of the molecule is CO[C@@H]1[C@H](O)[C@@H](CO)O[C@H]1n1cnc2c(=O)nc(N(C)C)n(C)c21. The van der Waals surface area contributed by atoms with Gasteiger partial charge in [0.25, 0.3) is 0 Å². The second kappa shape index (κ2) is 6.13. The van der Waals surface area contributed by atoms with Crippen molar-refractivity contribution < 1.29 is 19.7 Å². The smallest absolute Gasteiger partial charge is 0.302 e. The van der Waals surface area contributed by atoms with Gasteiger partial charge in [0.1, 0.15) is 18.3 Å². The molecule has 0 radical (unpaired) electrons. The molecule has 2 N–H and O–H groups in total. The van der Waals surface area contributed by atoms with Gasteiger partial charge in [0.2, 0.25) is 5.95 Å². The van der Waals surface area contributed by atoms with Crippen molar-refractivity contribution in [1.29, 1.82) is 0 Å². The normalized spacial score (nSPS) is 27.1. The molecule has 0 aliphatic carbocycles. The van der Waals surface area contributed by atoms with Crippen LogP contribution in [0.2, 0.25) is 0 Å². The van der Waals surface area contributed by atoms with Crippen molar-refractivity contribution in [1.82, 2.24) is 19.1 Å². The Kier molecular flexibility index (Phi) is 4.30. The summed E-state index contributed by atoms with van der Waals surface area (Å²) in [7, 11) is 6.78. The summed E-state index contributed by atoms with van der Waals surface area (Å²) in [4.78, 5) is 22.1. The largest absolute Gasteiger partial charge is 0.394 e. The first-order valence-electron chi connectivity index (χ1n) is 7.48. The van der Waals surface area contributed by atoms with Gasteiger partial charge in [0.05, 0.1) is 12.9 Å². The zero-order valence-electron chi connectivity index (χ0n) is 13.9. The molecule has 2 aromatic rings.